The minimum atomic E-state index is -0.135. The van der Waals surface area contributed by atoms with Crippen molar-refractivity contribution in [2.24, 2.45) is 5.92 Å². The zero-order valence-electron chi connectivity index (χ0n) is 17.6. The van der Waals surface area contributed by atoms with Crippen molar-refractivity contribution < 1.29 is 4.79 Å². The maximum Gasteiger partial charge on any atom is 0.273 e. The Balaban J connectivity index is 1.49. The Morgan fingerprint density at radius 3 is 2.60 bits per heavy atom. The summed E-state index contributed by atoms with van der Waals surface area (Å²) in [5, 5.41) is 4.72. The molecule has 0 aliphatic carbocycles. The van der Waals surface area contributed by atoms with Crippen molar-refractivity contribution in [3.05, 3.63) is 59.5 Å². The van der Waals surface area contributed by atoms with Gasteiger partial charge in [0.15, 0.2) is 11.6 Å². The highest BCUT2D eigenvalue weighted by Crippen LogP contribution is 2.34. The molecule has 3 aromatic rings. The van der Waals surface area contributed by atoms with Crippen LogP contribution in [0.2, 0.25) is 0 Å². The second-order valence-electron chi connectivity index (χ2n) is 8.42. The maximum absolute atomic E-state index is 13.5. The molecule has 0 spiro atoms. The fraction of sp³-hybridized carbons (Fsp3) is 0.391. The van der Waals surface area contributed by atoms with E-state index in [-0.39, 0.29) is 17.9 Å². The summed E-state index contributed by atoms with van der Waals surface area (Å²) in [6, 6.07) is 13.8. The van der Waals surface area contributed by atoms with Gasteiger partial charge in [0.05, 0.1) is 12.6 Å². The van der Waals surface area contributed by atoms with E-state index in [0.29, 0.717) is 24.6 Å². The first kappa shape index (κ1) is 18.8. The van der Waals surface area contributed by atoms with Crippen LogP contribution in [0.4, 0.5) is 5.82 Å². The predicted octanol–water partition coefficient (Wildman–Crippen LogP) is 3.19. The van der Waals surface area contributed by atoms with Crippen molar-refractivity contribution in [1.29, 1.82) is 0 Å². The maximum atomic E-state index is 13.5. The number of carbonyl (C=O) groups is 1. The highest BCUT2D eigenvalue weighted by Gasteiger charge is 2.37. The lowest BCUT2D eigenvalue weighted by Gasteiger charge is -2.37. The summed E-state index contributed by atoms with van der Waals surface area (Å²) >= 11 is 0. The van der Waals surface area contributed by atoms with Crippen LogP contribution in [0, 0.1) is 5.92 Å². The van der Waals surface area contributed by atoms with Crippen molar-refractivity contribution in [2.45, 2.75) is 32.9 Å². The molecule has 1 aromatic carbocycles. The Morgan fingerprint density at radius 1 is 1.03 bits per heavy atom. The van der Waals surface area contributed by atoms with Gasteiger partial charge in [0.1, 0.15) is 11.5 Å². The molecule has 1 amide bonds. The topological polar surface area (TPSA) is 67.2 Å². The van der Waals surface area contributed by atoms with Gasteiger partial charge in [-0.05, 0) is 24.0 Å². The van der Waals surface area contributed by atoms with E-state index in [1.807, 2.05) is 59.1 Å². The Morgan fingerprint density at radius 2 is 1.83 bits per heavy atom. The van der Waals surface area contributed by atoms with E-state index in [2.05, 4.69) is 18.7 Å². The van der Waals surface area contributed by atoms with Crippen LogP contribution >= 0.6 is 0 Å². The van der Waals surface area contributed by atoms with E-state index >= 15 is 0 Å². The number of benzene rings is 1. The van der Waals surface area contributed by atoms with E-state index in [4.69, 9.17) is 15.1 Å². The number of rotatable bonds is 3. The average Bonchev–Trinajstić information content (AvgIpc) is 3.36. The first-order valence-corrected chi connectivity index (χ1v) is 10.5. The van der Waals surface area contributed by atoms with E-state index in [1.165, 1.54) is 5.56 Å². The number of aromatic nitrogens is 4. The van der Waals surface area contributed by atoms with Crippen molar-refractivity contribution in [3.63, 3.8) is 0 Å². The Bertz CT molecular complexity index is 1090. The van der Waals surface area contributed by atoms with Gasteiger partial charge in [-0.25, -0.2) is 14.6 Å². The normalized spacial score (nSPS) is 17.9. The molecule has 30 heavy (non-hydrogen) atoms. The van der Waals surface area contributed by atoms with Crippen LogP contribution in [0.1, 0.15) is 41.8 Å². The van der Waals surface area contributed by atoms with E-state index in [1.54, 1.807) is 0 Å². The molecule has 0 fully saturated rings. The van der Waals surface area contributed by atoms with Gasteiger partial charge < -0.3 is 9.80 Å². The van der Waals surface area contributed by atoms with Crippen molar-refractivity contribution in [3.8, 4) is 11.4 Å². The molecule has 2 aliphatic heterocycles. The number of amides is 1. The van der Waals surface area contributed by atoms with Gasteiger partial charge in [-0.2, -0.15) is 5.10 Å². The predicted molar refractivity (Wildman–Crippen MR) is 115 cm³/mol. The van der Waals surface area contributed by atoms with Gasteiger partial charge in [0, 0.05) is 25.7 Å². The number of hydrogen-bond donors (Lipinski definition) is 0. The largest absolute Gasteiger partial charge is 0.359 e. The smallest absolute Gasteiger partial charge is 0.273 e. The van der Waals surface area contributed by atoms with Gasteiger partial charge in [-0.15, -0.1) is 0 Å². The molecule has 0 saturated carbocycles. The van der Waals surface area contributed by atoms with Gasteiger partial charge in [-0.3, -0.25) is 4.79 Å². The number of fused-ring (bicyclic) bond motifs is 2. The van der Waals surface area contributed by atoms with Gasteiger partial charge >= 0.3 is 0 Å². The van der Waals surface area contributed by atoms with Crippen LogP contribution in [0.3, 0.4) is 0 Å². The third-order valence-electron chi connectivity index (χ3n) is 6.03. The number of anilines is 1. The first-order chi connectivity index (χ1) is 14.5. The monoisotopic (exact) mass is 402 g/mol. The standard InChI is InChI=1S/C23H26N6O/c1-15(2)19-22-25-20(16-7-5-4-6-8-16)26-29(22)14-13-28(19)23(30)18-10-9-17-11-12-27(3)21(17)24-18/h4-10,15,19H,11-14H2,1-3H3/t19-/m0/s1. The highest BCUT2D eigenvalue weighted by atomic mass is 16.2. The SMILES string of the molecule is CC(C)[C@H]1c2nc(-c3ccccc3)nn2CCN1C(=O)c1ccc2c(n1)N(C)CC2. The van der Waals surface area contributed by atoms with Crippen LogP contribution in [-0.4, -0.2) is 50.7 Å². The van der Waals surface area contributed by atoms with Crippen LogP contribution in [-0.2, 0) is 13.0 Å². The Kier molecular flexibility index (Phi) is 4.53. The first-order valence-electron chi connectivity index (χ1n) is 10.5. The summed E-state index contributed by atoms with van der Waals surface area (Å²) in [6.07, 6.45) is 0.983. The number of likely N-dealkylation sites (N-methyl/N-ethyl adjacent to an activating group) is 1. The summed E-state index contributed by atoms with van der Waals surface area (Å²) < 4.78 is 1.96. The summed E-state index contributed by atoms with van der Waals surface area (Å²) in [7, 11) is 2.03. The number of hydrogen-bond acceptors (Lipinski definition) is 5. The third kappa shape index (κ3) is 3.05. The zero-order chi connectivity index (χ0) is 20.8. The lowest BCUT2D eigenvalue weighted by Crippen LogP contribution is -2.45. The van der Waals surface area contributed by atoms with Gasteiger partial charge in [0.25, 0.3) is 5.91 Å². The minimum Gasteiger partial charge on any atom is -0.359 e. The van der Waals surface area contributed by atoms with Crippen LogP contribution in [0.15, 0.2) is 42.5 Å². The average molecular weight is 403 g/mol. The summed E-state index contributed by atoms with van der Waals surface area (Å²) in [4.78, 5) is 27.1. The van der Waals surface area contributed by atoms with Crippen molar-refractivity contribution in [2.75, 3.05) is 25.0 Å². The molecular formula is C23H26N6O. The second-order valence-corrected chi connectivity index (χ2v) is 8.42. The molecule has 0 bridgehead atoms. The lowest BCUT2D eigenvalue weighted by atomic mass is 9.99. The molecule has 2 aromatic heterocycles. The fourth-order valence-corrected chi connectivity index (χ4v) is 4.48. The van der Waals surface area contributed by atoms with Crippen molar-refractivity contribution >= 4 is 11.7 Å². The molecule has 0 radical (unpaired) electrons. The molecule has 1 atom stereocenters. The zero-order valence-corrected chi connectivity index (χ0v) is 17.6. The van der Waals surface area contributed by atoms with Crippen LogP contribution in [0.5, 0.6) is 0 Å². The Hall–Kier alpha value is -3.22. The van der Waals surface area contributed by atoms with Crippen LogP contribution in [0.25, 0.3) is 11.4 Å². The summed E-state index contributed by atoms with van der Waals surface area (Å²) in [5.74, 6) is 2.66. The van der Waals surface area contributed by atoms with Gasteiger partial charge in [-0.1, -0.05) is 50.2 Å². The molecule has 0 N–H and O–H groups in total. The van der Waals surface area contributed by atoms with E-state index < -0.39 is 0 Å². The molecule has 0 saturated heterocycles. The summed E-state index contributed by atoms with van der Waals surface area (Å²) in [5.41, 5.74) is 2.70. The molecule has 2 aliphatic rings. The molecule has 5 rings (SSSR count). The minimum absolute atomic E-state index is 0.0349. The number of nitrogens with zero attached hydrogens (tertiary/aromatic N) is 6. The molecule has 4 heterocycles. The Labute approximate surface area is 176 Å². The summed E-state index contributed by atoms with van der Waals surface area (Å²) in [6.45, 7) is 6.43. The van der Waals surface area contributed by atoms with E-state index in [0.717, 1.165) is 30.2 Å². The molecule has 154 valence electrons. The lowest BCUT2D eigenvalue weighted by molar-refractivity contribution is 0.0531. The second kappa shape index (κ2) is 7.23. The van der Waals surface area contributed by atoms with E-state index in [9.17, 15) is 4.79 Å². The number of carbonyl (C=O) groups excluding carboxylic acids is 1. The molecular weight excluding hydrogens is 376 g/mol. The van der Waals surface area contributed by atoms with Crippen LogP contribution < -0.4 is 4.90 Å². The quantitative estimate of drug-likeness (QED) is 0.673. The van der Waals surface area contributed by atoms with Gasteiger partial charge in [0.2, 0.25) is 0 Å². The number of pyridine rings is 1. The van der Waals surface area contributed by atoms with Crippen molar-refractivity contribution in [1.82, 2.24) is 24.6 Å². The third-order valence-corrected chi connectivity index (χ3v) is 6.03. The molecule has 7 heteroatoms. The molecule has 0 unspecified atom stereocenters. The molecule has 7 nitrogen and oxygen atoms in total. The highest BCUT2D eigenvalue weighted by molar-refractivity contribution is 5.93. The fourth-order valence-electron chi connectivity index (χ4n) is 4.48.